The summed E-state index contributed by atoms with van der Waals surface area (Å²) in [6, 6.07) is 17.7. The molecule has 8 heteroatoms. The topological polar surface area (TPSA) is 77.0 Å². The number of likely N-dealkylation sites (tertiary alicyclic amines) is 1. The van der Waals surface area contributed by atoms with E-state index in [0.717, 1.165) is 69.6 Å². The molecule has 0 unspecified atom stereocenters. The number of rotatable bonds is 4. The largest absolute Gasteiger partial charge is 0.490 e. The van der Waals surface area contributed by atoms with Crippen molar-refractivity contribution in [2.45, 2.75) is 51.1 Å². The fourth-order valence-corrected chi connectivity index (χ4v) is 5.10. The van der Waals surface area contributed by atoms with E-state index in [4.69, 9.17) is 14.2 Å². The smallest absolute Gasteiger partial charge is 0.260 e. The molecule has 2 aliphatic rings. The van der Waals surface area contributed by atoms with Crippen molar-refractivity contribution >= 4 is 5.91 Å². The summed E-state index contributed by atoms with van der Waals surface area (Å²) in [4.78, 5) is 25.9. The van der Waals surface area contributed by atoms with Gasteiger partial charge < -0.3 is 19.1 Å². The van der Waals surface area contributed by atoms with Crippen molar-refractivity contribution in [3.63, 3.8) is 0 Å². The van der Waals surface area contributed by atoms with Crippen molar-refractivity contribution < 1.29 is 19.0 Å². The van der Waals surface area contributed by atoms with E-state index in [0.29, 0.717) is 30.2 Å². The maximum absolute atomic E-state index is 12.8. The van der Waals surface area contributed by atoms with Crippen LogP contribution in [-0.2, 0) is 11.3 Å². The number of benzene rings is 1. The third-order valence-electron chi connectivity index (χ3n) is 7.19. The summed E-state index contributed by atoms with van der Waals surface area (Å²) in [6.45, 7) is 3.92. The molecule has 0 spiro atoms. The van der Waals surface area contributed by atoms with Crippen LogP contribution in [0.5, 0.6) is 23.3 Å². The zero-order chi connectivity index (χ0) is 26.0. The van der Waals surface area contributed by atoms with Gasteiger partial charge >= 0.3 is 0 Å². The maximum atomic E-state index is 12.8. The van der Waals surface area contributed by atoms with E-state index in [1.807, 2.05) is 47.4 Å². The van der Waals surface area contributed by atoms with Crippen LogP contribution in [0.15, 0.2) is 67.0 Å². The minimum atomic E-state index is 0.0129. The van der Waals surface area contributed by atoms with Crippen LogP contribution in [0.2, 0.25) is 0 Å². The number of piperidine rings is 1. The summed E-state index contributed by atoms with van der Waals surface area (Å²) >= 11 is 0. The van der Waals surface area contributed by atoms with Gasteiger partial charge in [-0.25, -0.2) is 9.97 Å². The number of hydrogen-bond acceptors (Lipinski definition) is 7. The minimum Gasteiger partial charge on any atom is -0.490 e. The van der Waals surface area contributed by atoms with Gasteiger partial charge in [-0.3, -0.25) is 9.69 Å². The van der Waals surface area contributed by atoms with Gasteiger partial charge in [-0.1, -0.05) is 37.1 Å². The number of fused-ring (bicyclic) bond motifs is 2. The van der Waals surface area contributed by atoms with Gasteiger partial charge in [0.1, 0.15) is 0 Å². The summed E-state index contributed by atoms with van der Waals surface area (Å²) in [6.07, 6.45) is 9.75. The van der Waals surface area contributed by atoms with Crippen LogP contribution in [0.4, 0.5) is 0 Å². The molecule has 0 aliphatic carbocycles. The van der Waals surface area contributed by atoms with Gasteiger partial charge in [-0.05, 0) is 56.5 Å². The average molecular weight is 517 g/mol. The van der Waals surface area contributed by atoms with Crippen molar-refractivity contribution in [3.8, 4) is 23.3 Å². The second kappa shape index (κ2) is 13.2. The third-order valence-corrected chi connectivity index (χ3v) is 7.19. The quantitative estimate of drug-likeness (QED) is 0.478. The van der Waals surface area contributed by atoms with E-state index in [9.17, 15) is 4.79 Å². The number of carbonyl (C=O) groups excluding carboxylic acids is 1. The Balaban J connectivity index is 1.24. The van der Waals surface area contributed by atoms with Gasteiger partial charge in [0.15, 0.2) is 18.1 Å². The van der Waals surface area contributed by atoms with Crippen molar-refractivity contribution in [2.24, 2.45) is 0 Å². The molecule has 2 aliphatic heterocycles. The predicted molar refractivity (Wildman–Crippen MR) is 144 cm³/mol. The molecule has 1 amide bonds. The molecule has 1 aromatic carbocycles. The standard InChI is InChI=1S/C30H36N4O4/c35-29(23-37-28-13-5-6-16-31-28)33-19-14-25(15-20-33)34-18-7-1-2-8-21-36-26-11-3-4-12-27(26)38-30-24(22-34)10-9-17-32-30/h3-6,9-13,16-17,25H,1-2,7-8,14-15,18-23H2. The van der Waals surface area contributed by atoms with Crippen LogP contribution < -0.4 is 14.2 Å². The lowest BCUT2D eigenvalue weighted by molar-refractivity contribution is -0.135. The van der Waals surface area contributed by atoms with Crippen LogP contribution in [0.25, 0.3) is 0 Å². The molecule has 38 heavy (non-hydrogen) atoms. The highest BCUT2D eigenvalue weighted by atomic mass is 16.5. The van der Waals surface area contributed by atoms with Crippen molar-refractivity contribution in [1.82, 2.24) is 19.8 Å². The fraction of sp³-hybridized carbons (Fsp3) is 0.433. The minimum absolute atomic E-state index is 0.0129. The van der Waals surface area contributed by atoms with Gasteiger partial charge in [0.05, 0.1) is 6.61 Å². The van der Waals surface area contributed by atoms with Gasteiger partial charge in [0.25, 0.3) is 5.91 Å². The van der Waals surface area contributed by atoms with Crippen LogP contribution in [0, 0.1) is 0 Å². The van der Waals surface area contributed by atoms with Crippen LogP contribution in [-0.4, -0.2) is 64.6 Å². The lowest BCUT2D eigenvalue weighted by Gasteiger charge is -2.38. The maximum Gasteiger partial charge on any atom is 0.260 e. The Morgan fingerprint density at radius 3 is 2.50 bits per heavy atom. The highest BCUT2D eigenvalue weighted by Gasteiger charge is 2.28. The number of aromatic nitrogens is 2. The van der Waals surface area contributed by atoms with E-state index >= 15 is 0 Å². The molecule has 3 aromatic rings. The molecule has 1 fully saturated rings. The number of carbonyl (C=O) groups is 1. The highest BCUT2D eigenvalue weighted by molar-refractivity contribution is 5.77. The summed E-state index contributed by atoms with van der Waals surface area (Å²) in [5, 5.41) is 0. The number of para-hydroxylation sites is 2. The number of hydrogen-bond donors (Lipinski definition) is 0. The Morgan fingerprint density at radius 2 is 1.66 bits per heavy atom. The van der Waals surface area contributed by atoms with E-state index < -0.39 is 0 Å². The van der Waals surface area contributed by atoms with Crippen LogP contribution in [0.1, 0.15) is 44.1 Å². The molecule has 200 valence electrons. The zero-order valence-electron chi connectivity index (χ0n) is 21.8. The Labute approximate surface area is 224 Å². The molecule has 0 N–H and O–H groups in total. The first-order valence-electron chi connectivity index (χ1n) is 13.7. The molecule has 1 saturated heterocycles. The van der Waals surface area contributed by atoms with E-state index in [-0.39, 0.29) is 12.5 Å². The monoisotopic (exact) mass is 516 g/mol. The molecular weight excluding hydrogens is 480 g/mol. The zero-order valence-corrected chi connectivity index (χ0v) is 21.8. The molecular formula is C30H36N4O4. The van der Waals surface area contributed by atoms with E-state index in [2.05, 4.69) is 20.9 Å². The molecule has 2 aromatic heterocycles. The average Bonchev–Trinajstić information content (AvgIpc) is 2.97. The Bertz CT molecular complexity index is 1170. The summed E-state index contributed by atoms with van der Waals surface area (Å²) in [7, 11) is 0. The first-order valence-corrected chi connectivity index (χ1v) is 13.7. The summed E-state index contributed by atoms with van der Waals surface area (Å²) in [5.41, 5.74) is 1.06. The Morgan fingerprint density at radius 1 is 0.868 bits per heavy atom. The Hall–Kier alpha value is -3.65. The number of ether oxygens (including phenoxy) is 3. The van der Waals surface area contributed by atoms with Gasteiger partial charge in [0, 0.05) is 49.7 Å². The molecule has 5 rings (SSSR count). The number of amides is 1. The highest BCUT2D eigenvalue weighted by Crippen LogP contribution is 2.33. The Kier molecular flexibility index (Phi) is 9.05. The lowest BCUT2D eigenvalue weighted by atomic mass is 10.0. The molecule has 0 bridgehead atoms. The third kappa shape index (κ3) is 7.01. The van der Waals surface area contributed by atoms with Crippen molar-refractivity contribution in [1.29, 1.82) is 0 Å². The predicted octanol–water partition coefficient (Wildman–Crippen LogP) is 5.09. The van der Waals surface area contributed by atoms with Crippen LogP contribution in [0.3, 0.4) is 0 Å². The van der Waals surface area contributed by atoms with Crippen molar-refractivity contribution in [2.75, 3.05) is 32.8 Å². The summed E-state index contributed by atoms with van der Waals surface area (Å²) in [5.74, 6) is 2.55. The van der Waals surface area contributed by atoms with Gasteiger partial charge in [-0.15, -0.1) is 0 Å². The van der Waals surface area contributed by atoms with Crippen LogP contribution >= 0.6 is 0 Å². The summed E-state index contributed by atoms with van der Waals surface area (Å²) < 4.78 is 17.9. The normalized spacial score (nSPS) is 17.7. The number of nitrogens with zero attached hydrogens (tertiary/aromatic N) is 4. The second-order valence-electron chi connectivity index (χ2n) is 9.82. The fourth-order valence-electron chi connectivity index (χ4n) is 5.10. The van der Waals surface area contributed by atoms with Gasteiger partial charge in [0.2, 0.25) is 11.8 Å². The second-order valence-corrected chi connectivity index (χ2v) is 9.82. The first-order chi connectivity index (χ1) is 18.8. The molecule has 0 atom stereocenters. The molecule has 0 saturated carbocycles. The van der Waals surface area contributed by atoms with E-state index in [1.54, 1.807) is 18.5 Å². The molecule has 0 radical (unpaired) electrons. The van der Waals surface area contributed by atoms with E-state index in [1.165, 1.54) is 6.42 Å². The SMILES string of the molecule is O=C(COc1ccccn1)N1CCC(N2CCCCCCOc3ccccc3Oc3ncccc3C2)CC1. The lowest BCUT2D eigenvalue weighted by Crippen LogP contribution is -2.48. The van der Waals surface area contributed by atoms with Crippen molar-refractivity contribution in [3.05, 3.63) is 72.6 Å². The first kappa shape index (κ1) is 26.0. The molecule has 4 heterocycles. The van der Waals surface area contributed by atoms with Gasteiger partial charge in [-0.2, -0.15) is 0 Å². The number of pyridine rings is 2. The molecule has 8 nitrogen and oxygen atoms in total.